The maximum atomic E-state index is 5.80. The minimum absolute atomic E-state index is 0.424. The summed E-state index contributed by atoms with van der Waals surface area (Å²) in [6.07, 6.45) is 3.50. The molecule has 0 atom stereocenters. The summed E-state index contributed by atoms with van der Waals surface area (Å²) in [7, 11) is 0. The fraction of sp³-hybridized carbons (Fsp3) is 0.706. The van der Waals surface area contributed by atoms with Crippen molar-refractivity contribution in [3.63, 3.8) is 0 Å². The summed E-state index contributed by atoms with van der Waals surface area (Å²) < 4.78 is 0. The van der Waals surface area contributed by atoms with Crippen molar-refractivity contribution in [2.75, 3.05) is 18.0 Å². The average Bonchev–Trinajstić information content (AvgIpc) is 2.46. The second-order valence-electron chi connectivity index (χ2n) is 7.01. The second-order valence-corrected chi connectivity index (χ2v) is 7.01. The highest BCUT2D eigenvalue weighted by atomic mass is 15.2. The number of aryl methyl sites for hydroxylation is 1. The summed E-state index contributed by atoms with van der Waals surface area (Å²) in [6.45, 7) is 12.1. The van der Waals surface area contributed by atoms with Gasteiger partial charge in [-0.3, -0.25) is 0 Å². The Kier molecular flexibility index (Phi) is 4.69. The smallest absolute Gasteiger partial charge is 0.129 e. The molecule has 0 saturated carbocycles. The lowest BCUT2D eigenvalue weighted by Crippen LogP contribution is -2.38. The molecule has 3 nitrogen and oxygen atoms in total. The van der Waals surface area contributed by atoms with Crippen molar-refractivity contribution in [3.8, 4) is 0 Å². The van der Waals surface area contributed by atoms with E-state index in [4.69, 9.17) is 10.7 Å². The summed E-state index contributed by atoms with van der Waals surface area (Å²) in [5, 5.41) is 0. The van der Waals surface area contributed by atoms with Gasteiger partial charge in [0.15, 0.2) is 0 Å². The van der Waals surface area contributed by atoms with Gasteiger partial charge in [-0.05, 0) is 48.3 Å². The van der Waals surface area contributed by atoms with Crippen molar-refractivity contribution in [2.45, 2.75) is 53.5 Å². The zero-order valence-corrected chi connectivity index (χ0v) is 13.4. The molecule has 1 aliphatic rings. The first-order valence-electron chi connectivity index (χ1n) is 7.89. The van der Waals surface area contributed by atoms with Gasteiger partial charge < -0.3 is 10.6 Å². The summed E-state index contributed by atoms with van der Waals surface area (Å²) in [6, 6.07) is 4.29. The van der Waals surface area contributed by atoms with E-state index in [2.05, 4.69) is 44.7 Å². The summed E-state index contributed by atoms with van der Waals surface area (Å²) in [4.78, 5) is 7.21. The first-order valence-corrected chi connectivity index (χ1v) is 7.89. The van der Waals surface area contributed by atoms with E-state index in [9.17, 15) is 0 Å². The Morgan fingerprint density at radius 3 is 2.40 bits per heavy atom. The highest BCUT2D eigenvalue weighted by Gasteiger charge is 2.29. The fourth-order valence-corrected chi connectivity index (χ4v) is 3.07. The molecule has 0 radical (unpaired) electrons. The molecule has 1 aromatic rings. The van der Waals surface area contributed by atoms with Crippen LogP contribution >= 0.6 is 0 Å². The number of hydrogen-bond donors (Lipinski definition) is 1. The third-order valence-corrected chi connectivity index (χ3v) is 4.57. The van der Waals surface area contributed by atoms with Gasteiger partial charge in [0, 0.05) is 25.3 Å². The molecule has 3 heteroatoms. The van der Waals surface area contributed by atoms with Gasteiger partial charge >= 0.3 is 0 Å². The number of nitrogens with two attached hydrogens (primary N) is 1. The SMILES string of the molecule is CCc1cc(CN)cc(N2CCC(C(C)(C)C)CC2)n1. The summed E-state index contributed by atoms with van der Waals surface area (Å²) >= 11 is 0. The summed E-state index contributed by atoms with van der Waals surface area (Å²) in [5.41, 5.74) is 8.58. The highest BCUT2D eigenvalue weighted by Crippen LogP contribution is 2.35. The van der Waals surface area contributed by atoms with Crippen LogP contribution in [-0.4, -0.2) is 18.1 Å². The third kappa shape index (κ3) is 3.51. The lowest BCUT2D eigenvalue weighted by atomic mass is 9.75. The Morgan fingerprint density at radius 2 is 1.90 bits per heavy atom. The molecular formula is C17H29N3. The standard InChI is InChI=1S/C17H29N3/c1-5-15-10-13(12-18)11-16(19-15)20-8-6-14(7-9-20)17(2,3)4/h10-11,14H,5-9,12,18H2,1-4H3. The first-order chi connectivity index (χ1) is 9.44. The maximum absolute atomic E-state index is 5.80. The van der Waals surface area contributed by atoms with E-state index in [0.717, 1.165) is 36.9 Å². The third-order valence-electron chi connectivity index (χ3n) is 4.57. The molecule has 0 spiro atoms. The van der Waals surface area contributed by atoms with Crippen molar-refractivity contribution in [2.24, 2.45) is 17.1 Å². The van der Waals surface area contributed by atoms with Crippen LogP contribution in [0.5, 0.6) is 0 Å². The molecule has 1 aromatic heterocycles. The van der Waals surface area contributed by atoms with Crippen molar-refractivity contribution in [3.05, 3.63) is 23.4 Å². The van der Waals surface area contributed by atoms with Crippen LogP contribution in [0.1, 0.15) is 51.8 Å². The summed E-state index contributed by atoms with van der Waals surface area (Å²) in [5.74, 6) is 1.94. The zero-order chi connectivity index (χ0) is 14.8. The Bertz CT molecular complexity index is 418. The Balaban J connectivity index is 2.10. The fourth-order valence-electron chi connectivity index (χ4n) is 3.07. The Morgan fingerprint density at radius 1 is 1.25 bits per heavy atom. The number of hydrogen-bond acceptors (Lipinski definition) is 3. The lowest BCUT2D eigenvalue weighted by Gasteiger charge is -2.39. The van der Waals surface area contributed by atoms with E-state index in [1.54, 1.807) is 0 Å². The van der Waals surface area contributed by atoms with Gasteiger partial charge in [0.25, 0.3) is 0 Å². The monoisotopic (exact) mass is 275 g/mol. The van der Waals surface area contributed by atoms with Crippen LogP contribution in [0.25, 0.3) is 0 Å². The molecule has 2 rings (SSSR count). The van der Waals surface area contributed by atoms with E-state index >= 15 is 0 Å². The van der Waals surface area contributed by atoms with E-state index in [1.807, 2.05) is 0 Å². The predicted molar refractivity (Wildman–Crippen MR) is 85.9 cm³/mol. The molecule has 112 valence electrons. The Labute approximate surface area is 123 Å². The van der Waals surface area contributed by atoms with Crippen molar-refractivity contribution in [1.29, 1.82) is 0 Å². The second kappa shape index (κ2) is 6.13. The van der Waals surface area contributed by atoms with E-state index in [0.29, 0.717) is 12.0 Å². The molecule has 1 aliphatic heterocycles. The van der Waals surface area contributed by atoms with Crippen LogP contribution in [0, 0.1) is 11.3 Å². The number of aromatic nitrogens is 1. The van der Waals surface area contributed by atoms with Crippen LogP contribution < -0.4 is 10.6 Å². The molecule has 20 heavy (non-hydrogen) atoms. The van der Waals surface area contributed by atoms with Crippen LogP contribution in [0.3, 0.4) is 0 Å². The molecule has 1 saturated heterocycles. The van der Waals surface area contributed by atoms with Crippen molar-refractivity contribution >= 4 is 5.82 Å². The molecule has 2 heterocycles. The quantitative estimate of drug-likeness (QED) is 0.919. The molecule has 0 bridgehead atoms. The van der Waals surface area contributed by atoms with Gasteiger partial charge in [-0.15, -0.1) is 0 Å². The number of rotatable bonds is 3. The average molecular weight is 275 g/mol. The van der Waals surface area contributed by atoms with Crippen molar-refractivity contribution < 1.29 is 0 Å². The van der Waals surface area contributed by atoms with Crippen LogP contribution in [0.15, 0.2) is 12.1 Å². The van der Waals surface area contributed by atoms with Crippen LogP contribution in [0.4, 0.5) is 5.82 Å². The molecular weight excluding hydrogens is 246 g/mol. The van der Waals surface area contributed by atoms with Crippen molar-refractivity contribution in [1.82, 2.24) is 4.98 Å². The Hall–Kier alpha value is -1.09. The minimum atomic E-state index is 0.424. The first kappa shape index (κ1) is 15.3. The number of piperidine rings is 1. The molecule has 1 fully saturated rings. The molecule has 2 N–H and O–H groups in total. The van der Waals surface area contributed by atoms with E-state index in [-0.39, 0.29) is 0 Å². The normalized spacial score (nSPS) is 17.6. The van der Waals surface area contributed by atoms with Gasteiger partial charge in [-0.2, -0.15) is 0 Å². The molecule has 0 aromatic carbocycles. The molecule has 0 unspecified atom stereocenters. The predicted octanol–water partition coefficient (Wildman–Crippen LogP) is 3.37. The van der Waals surface area contributed by atoms with Crippen LogP contribution in [-0.2, 0) is 13.0 Å². The van der Waals surface area contributed by atoms with E-state index in [1.165, 1.54) is 18.4 Å². The highest BCUT2D eigenvalue weighted by molar-refractivity contribution is 5.43. The van der Waals surface area contributed by atoms with Gasteiger partial charge in [0.05, 0.1) is 0 Å². The largest absolute Gasteiger partial charge is 0.357 e. The van der Waals surface area contributed by atoms with Crippen LogP contribution in [0.2, 0.25) is 0 Å². The van der Waals surface area contributed by atoms with Gasteiger partial charge in [-0.25, -0.2) is 4.98 Å². The number of anilines is 1. The minimum Gasteiger partial charge on any atom is -0.357 e. The lowest BCUT2D eigenvalue weighted by molar-refractivity contribution is 0.198. The van der Waals surface area contributed by atoms with Gasteiger partial charge in [0.2, 0.25) is 0 Å². The van der Waals surface area contributed by atoms with E-state index < -0.39 is 0 Å². The maximum Gasteiger partial charge on any atom is 0.129 e. The molecule has 0 amide bonds. The number of nitrogens with zero attached hydrogens (tertiary/aromatic N) is 2. The topological polar surface area (TPSA) is 42.1 Å². The zero-order valence-electron chi connectivity index (χ0n) is 13.4. The number of pyridine rings is 1. The van der Waals surface area contributed by atoms with Gasteiger partial charge in [0.1, 0.15) is 5.82 Å². The molecule has 0 aliphatic carbocycles. The van der Waals surface area contributed by atoms with Gasteiger partial charge in [-0.1, -0.05) is 27.7 Å².